The summed E-state index contributed by atoms with van der Waals surface area (Å²) in [5.41, 5.74) is 0.422. The Balaban J connectivity index is 2.85. The Hall–Kier alpha value is -0.430. The zero-order chi connectivity index (χ0) is 12.2. The molecular weight excluding hydrogens is 212 g/mol. The van der Waals surface area contributed by atoms with Gasteiger partial charge in [0, 0.05) is 0 Å². The van der Waals surface area contributed by atoms with Gasteiger partial charge in [0.15, 0.2) is 0 Å². The Morgan fingerprint density at radius 1 is 1.12 bits per heavy atom. The summed E-state index contributed by atoms with van der Waals surface area (Å²) in [7, 11) is -0.640. The summed E-state index contributed by atoms with van der Waals surface area (Å²) in [4.78, 5) is 1.58. The first-order chi connectivity index (χ1) is 7.31. The highest BCUT2D eigenvalue weighted by Gasteiger charge is 2.23. The minimum absolute atomic E-state index is 0.422. The van der Waals surface area contributed by atoms with Crippen LogP contribution in [0, 0.1) is 5.41 Å². The van der Waals surface area contributed by atoms with Crippen LogP contribution in [0.1, 0.15) is 33.6 Å². The van der Waals surface area contributed by atoms with E-state index in [4.69, 9.17) is 0 Å². The molecule has 0 saturated carbocycles. The average Bonchev–Trinajstić information content (AvgIpc) is 1.95. The van der Waals surface area contributed by atoms with Crippen LogP contribution in [-0.2, 0) is 0 Å². The smallest absolute Gasteiger partial charge is 0.0144 e. The highest BCUT2D eigenvalue weighted by atomic mass is 32.3. The lowest BCUT2D eigenvalue weighted by Gasteiger charge is -2.39. The summed E-state index contributed by atoms with van der Waals surface area (Å²) < 4.78 is 0. The molecule has 0 N–H and O–H groups in total. The Labute approximate surface area is 103 Å². The van der Waals surface area contributed by atoms with Gasteiger partial charge in [0.25, 0.3) is 0 Å². The molecule has 0 saturated heterocycles. The predicted octanol–water partition coefficient (Wildman–Crippen LogP) is 4.89. The summed E-state index contributed by atoms with van der Waals surface area (Å²) in [6, 6.07) is 0. The van der Waals surface area contributed by atoms with Crippen molar-refractivity contribution in [1.29, 1.82) is 0 Å². The molecule has 0 aromatic carbocycles. The van der Waals surface area contributed by atoms with Crippen LogP contribution in [0.3, 0.4) is 0 Å². The topological polar surface area (TPSA) is 0 Å². The largest absolute Gasteiger partial charge is 0.220 e. The normalized spacial score (nSPS) is 18.9. The first kappa shape index (κ1) is 13.6. The molecule has 1 rings (SSSR count). The van der Waals surface area contributed by atoms with Gasteiger partial charge in [-0.1, -0.05) is 51.2 Å². The van der Waals surface area contributed by atoms with Crippen molar-refractivity contribution in [1.82, 2.24) is 0 Å². The summed E-state index contributed by atoms with van der Waals surface area (Å²) in [5, 5.41) is 0. The van der Waals surface area contributed by atoms with Crippen molar-refractivity contribution in [3.63, 3.8) is 0 Å². The van der Waals surface area contributed by atoms with E-state index in [0.29, 0.717) is 5.41 Å². The van der Waals surface area contributed by atoms with Crippen LogP contribution < -0.4 is 0 Å². The molecular formula is C15H26S. The van der Waals surface area contributed by atoms with Crippen molar-refractivity contribution in [3.05, 3.63) is 35.3 Å². The number of hydrogen-bond acceptors (Lipinski definition) is 0. The van der Waals surface area contributed by atoms with E-state index < -0.39 is 10.0 Å². The minimum Gasteiger partial charge on any atom is -0.220 e. The van der Waals surface area contributed by atoms with E-state index in [-0.39, 0.29) is 0 Å². The van der Waals surface area contributed by atoms with Crippen LogP contribution in [0.5, 0.6) is 0 Å². The molecule has 1 aliphatic carbocycles. The molecule has 92 valence electrons. The number of hydrogen-bond donors (Lipinski definition) is 0. The zero-order valence-corrected chi connectivity index (χ0v) is 12.2. The summed E-state index contributed by atoms with van der Waals surface area (Å²) in [6.45, 7) is 7.03. The standard InChI is InChI=1S/C15H26S/c1-15(2,3)13-16(4,5)14-11-9-7-6-8-10-12-14/h6-7,9,11-12H,8,10,13H2,1-5H3. The van der Waals surface area contributed by atoms with E-state index in [2.05, 4.69) is 63.7 Å². The van der Waals surface area contributed by atoms with Gasteiger partial charge in [0.2, 0.25) is 0 Å². The second kappa shape index (κ2) is 5.27. The second-order valence-electron chi connectivity index (χ2n) is 6.21. The van der Waals surface area contributed by atoms with E-state index in [1.807, 2.05) is 0 Å². The van der Waals surface area contributed by atoms with Crippen LogP contribution in [0.4, 0.5) is 0 Å². The first-order valence-corrected chi connectivity index (χ1v) is 8.68. The van der Waals surface area contributed by atoms with Gasteiger partial charge in [0.1, 0.15) is 0 Å². The fourth-order valence-corrected chi connectivity index (χ4v) is 5.64. The van der Waals surface area contributed by atoms with Gasteiger partial charge in [-0.05, 0) is 41.4 Å². The van der Waals surface area contributed by atoms with Gasteiger partial charge in [0.05, 0.1) is 0 Å². The van der Waals surface area contributed by atoms with Crippen LogP contribution in [0.2, 0.25) is 0 Å². The molecule has 0 unspecified atom stereocenters. The van der Waals surface area contributed by atoms with Crippen molar-refractivity contribution in [3.8, 4) is 0 Å². The van der Waals surface area contributed by atoms with Crippen molar-refractivity contribution in [2.75, 3.05) is 18.3 Å². The monoisotopic (exact) mass is 238 g/mol. The van der Waals surface area contributed by atoms with Crippen molar-refractivity contribution >= 4 is 10.0 Å². The van der Waals surface area contributed by atoms with Crippen LogP contribution in [-0.4, -0.2) is 18.3 Å². The maximum Gasteiger partial charge on any atom is -0.0144 e. The molecule has 0 aromatic heterocycles. The van der Waals surface area contributed by atoms with Gasteiger partial charge >= 0.3 is 0 Å². The van der Waals surface area contributed by atoms with E-state index in [1.54, 1.807) is 4.91 Å². The van der Waals surface area contributed by atoms with E-state index in [9.17, 15) is 0 Å². The molecule has 0 aliphatic heterocycles. The molecule has 16 heavy (non-hydrogen) atoms. The molecule has 0 fully saturated rings. The Morgan fingerprint density at radius 3 is 2.44 bits per heavy atom. The molecule has 0 nitrogen and oxygen atoms in total. The molecule has 0 atom stereocenters. The van der Waals surface area contributed by atoms with Gasteiger partial charge in [-0.2, -0.15) is 0 Å². The van der Waals surface area contributed by atoms with Crippen LogP contribution in [0.15, 0.2) is 35.3 Å². The van der Waals surface area contributed by atoms with Gasteiger partial charge in [-0.15, -0.1) is 0 Å². The van der Waals surface area contributed by atoms with Crippen LogP contribution in [0.25, 0.3) is 0 Å². The lowest BCUT2D eigenvalue weighted by molar-refractivity contribution is 0.479. The number of rotatable bonds is 2. The fourth-order valence-electron chi connectivity index (χ4n) is 2.29. The SMILES string of the molecule is CC(C)(C)CS(C)(C)C1=CCCC=CC=C1. The molecule has 0 amide bonds. The van der Waals surface area contributed by atoms with E-state index in [0.717, 1.165) is 0 Å². The van der Waals surface area contributed by atoms with E-state index >= 15 is 0 Å². The van der Waals surface area contributed by atoms with Gasteiger partial charge < -0.3 is 0 Å². The molecule has 0 spiro atoms. The molecule has 1 aliphatic rings. The maximum atomic E-state index is 2.45. The Morgan fingerprint density at radius 2 is 1.81 bits per heavy atom. The van der Waals surface area contributed by atoms with Crippen LogP contribution >= 0.6 is 10.0 Å². The third kappa shape index (κ3) is 4.61. The maximum absolute atomic E-state index is 2.45. The predicted molar refractivity (Wildman–Crippen MR) is 79.4 cm³/mol. The minimum atomic E-state index is -0.640. The molecule has 0 radical (unpaired) electrons. The molecule has 0 aromatic rings. The van der Waals surface area contributed by atoms with Gasteiger partial charge in [-0.3, -0.25) is 0 Å². The second-order valence-corrected chi connectivity index (χ2v) is 10.1. The summed E-state index contributed by atoms with van der Waals surface area (Å²) >= 11 is 0. The summed E-state index contributed by atoms with van der Waals surface area (Å²) in [6.07, 6.45) is 18.6. The molecule has 0 bridgehead atoms. The Bertz CT molecular complexity index is 311. The summed E-state index contributed by atoms with van der Waals surface area (Å²) in [5.74, 6) is 1.31. The van der Waals surface area contributed by atoms with Gasteiger partial charge in [-0.25, -0.2) is 10.0 Å². The molecule has 0 heterocycles. The average molecular weight is 238 g/mol. The fraction of sp³-hybridized carbons (Fsp3) is 0.600. The Kier molecular flexibility index (Phi) is 4.49. The molecule has 1 heteroatoms. The number of allylic oxidation sites excluding steroid dienone is 5. The van der Waals surface area contributed by atoms with Crippen molar-refractivity contribution < 1.29 is 0 Å². The lowest BCUT2D eigenvalue weighted by Crippen LogP contribution is -2.18. The highest BCUT2D eigenvalue weighted by Crippen LogP contribution is 2.53. The highest BCUT2D eigenvalue weighted by molar-refractivity contribution is 8.35. The third-order valence-electron chi connectivity index (χ3n) is 2.62. The van der Waals surface area contributed by atoms with Crippen molar-refractivity contribution in [2.45, 2.75) is 33.6 Å². The first-order valence-electron chi connectivity index (χ1n) is 6.06. The van der Waals surface area contributed by atoms with E-state index in [1.165, 1.54) is 18.6 Å². The zero-order valence-electron chi connectivity index (χ0n) is 11.4. The quantitative estimate of drug-likeness (QED) is 0.643. The lowest BCUT2D eigenvalue weighted by atomic mass is 10.0. The third-order valence-corrected chi connectivity index (χ3v) is 5.79. The van der Waals surface area contributed by atoms with Crippen molar-refractivity contribution in [2.24, 2.45) is 5.41 Å².